The molecule has 0 amide bonds. The second-order valence-corrected chi connectivity index (χ2v) is 6.26. The van der Waals surface area contributed by atoms with Crippen molar-refractivity contribution >= 4 is 5.69 Å². The zero-order valence-electron chi connectivity index (χ0n) is 13.1. The van der Waals surface area contributed by atoms with Crippen LogP contribution in [0.5, 0.6) is 0 Å². The van der Waals surface area contributed by atoms with E-state index in [0.717, 1.165) is 31.6 Å². The van der Waals surface area contributed by atoms with Gasteiger partial charge in [-0.25, -0.2) is 4.39 Å². The first-order valence-corrected chi connectivity index (χ1v) is 7.79. The number of nitrogens with zero attached hydrogens (tertiary/aromatic N) is 1. The highest BCUT2D eigenvalue weighted by Crippen LogP contribution is 2.31. The van der Waals surface area contributed by atoms with E-state index in [1.165, 1.54) is 0 Å². The molecule has 1 N–H and O–H groups in total. The molecule has 1 aliphatic rings. The van der Waals surface area contributed by atoms with E-state index in [4.69, 9.17) is 0 Å². The maximum atomic E-state index is 14.2. The molecule has 3 heteroatoms. The molecule has 112 valence electrons. The normalized spacial score (nSPS) is 22.3. The summed E-state index contributed by atoms with van der Waals surface area (Å²) in [6, 6.07) is 7.51. The topological polar surface area (TPSA) is 15.3 Å². The number of rotatable bonds is 4. The lowest BCUT2D eigenvalue weighted by Gasteiger charge is -2.50. The van der Waals surface area contributed by atoms with Crippen molar-refractivity contribution in [2.45, 2.75) is 52.1 Å². The predicted molar refractivity (Wildman–Crippen MR) is 83.7 cm³/mol. The number of nitrogens with one attached hydrogen (secondary N) is 1. The van der Waals surface area contributed by atoms with Crippen LogP contribution in [0, 0.1) is 11.7 Å². The Labute approximate surface area is 122 Å². The van der Waals surface area contributed by atoms with Gasteiger partial charge in [-0.15, -0.1) is 0 Å². The molecule has 1 heterocycles. The van der Waals surface area contributed by atoms with Crippen LogP contribution in [0.2, 0.25) is 0 Å². The van der Waals surface area contributed by atoms with Crippen molar-refractivity contribution in [3.05, 3.63) is 30.1 Å². The van der Waals surface area contributed by atoms with Crippen molar-refractivity contribution in [2.75, 3.05) is 18.0 Å². The lowest BCUT2D eigenvalue weighted by atomic mass is 9.86. The van der Waals surface area contributed by atoms with Crippen LogP contribution >= 0.6 is 0 Å². The van der Waals surface area contributed by atoms with Gasteiger partial charge < -0.3 is 10.2 Å². The lowest BCUT2D eigenvalue weighted by molar-refractivity contribution is 0.226. The van der Waals surface area contributed by atoms with E-state index in [-0.39, 0.29) is 11.4 Å². The Morgan fingerprint density at radius 1 is 1.30 bits per heavy atom. The van der Waals surface area contributed by atoms with Gasteiger partial charge in [0.15, 0.2) is 0 Å². The number of hydrogen-bond donors (Lipinski definition) is 1. The van der Waals surface area contributed by atoms with Crippen molar-refractivity contribution in [2.24, 2.45) is 5.92 Å². The summed E-state index contributed by atoms with van der Waals surface area (Å²) in [5.41, 5.74) is 0.854. The number of anilines is 1. The Morgan fingerprint density at radius 2 is 1.95 bits per heavy atom. The molecule has 1 fully saturated rings. The van der Waals surface area contributed by atoms with Gasteiger partial charge in [-0.05, 0) is 30.9 Å². The highest BCUT2D eigenvalue weighted by atomic mass is 19.1. The van der Waals surface area contributed by atoms with Gasteiger partial charge in [0.2, 0.25) is 0 Å². The fraction of sp³-hybridized carbons (Fsp3) is 0.647. The molecule has 1 unspecified atom stereocenters. The van der Waals surface area contributed by atoms with E-state index in [0.29, 0.717) is 12.0 Å². The predicted octanol–water partition coefficient (Wildman–Crippen LogP) is 3.82. The third-order valence-corrected chi connectivity index (χ3v) is 4.84. The van der Waals surface area contributed by atoms with Gasteiger partial charge in [-0.1, -0.05) is 39.8 Å². The summed E-state index contributed by atoms with van der Waals surface area (Å²) in [7, 11) is 0. The summed E-state index contributed by atoms with van der Waals surface area (Å²) in [5, 5.41) is 3.72. The molecular weight excluding hydrogens is 251 g/mol. The molecule has 2 rings (SSSR count). The van der Waals surface area contributed by atoms with Gasteiger partial charge in [-0.2, -0.15) is 0 Å². The van der Waals surface area contributed by atoms with Crippen LogP contribution in [-0.2, 0) is 0 Å². The maximum Gasteiger partial charge on any atom is 0.146 e. The third kappa shape index (κ3) is 2.83. The average Bonchev–Trinajstić information content (AvgIpc) is 2.47. The van der Waals surface area contributed by atoms with E-state index in [1.54, 1.807) is 12.1 Å². The molecule has 1 atom stereocenters. The second-order valence-electron chi connectivity index (χ2n) is 6.26. The quantitative estimate of drug-likeness (QED) is 0.900. The highest BCUT2D eigenvalue weighted by Gasteiger charge is 2.38. The summed E-state index contributed by atoms with van der Waals surface area (Å²) < 4.78 is 14.2. The monoisotopic (exact) mass is 278 g/mol. The number of hydrogen-bond acceptors (Lipinski definition) is 2. The lowest BCUT2D eigenvalue weighted by Crippen LogP contribution is -2.65. The molecule has 1 aliphatic heterocycles. The first kappa shape index (κ1) is 15.3. The van der Waals surface area contributed by atoms with Crippen molar-refractivity contribution in [3.63, 3.8) is 0 Å². The fourth-order valence-corrected chi connectivity index (χ4v) is 3.20. The van der Waals surface area contributed by atoms with E-state index in [9.17, 15) is 4.39 Å². The van der Waals surface area contributed by atoms with Crippen LogP contribution < -0.4 is 10.2 Å². The Bertz CT molecular complexity index is 440. The first-order valence-electron chi connectivity index (χ1n) is 7.79. The SMILES string of the molecule is CCC1(CC)CN(c2ccccc2F)C(C(C)C)CN1. The summed E-state index contributed by atoms with van der Waals surface area (Å²) >= 11 is 0. The molecule has 0 saturated carbocycles. The molecule has 20 heavy (non-hydrogen) atoms. The van der Waals surface area contributed by atoms with Gasteiger partial charge >= 0.3 is 0 Å². The summed E-state index contributed by atoms with van der Waals surface area (Å²) in [5.74, 6) is 0.384. The largest absolute Gasteiger partial charge is 0.363 e. The molecule has 0 spiro atoms. The summed E-state index contributed by atoms with van der Waals surface area (Å²) in [6.45, 7) is 10.7. The molecule has 1 saturated heterocycles. The number of halogens is 1. The Morgan fingerprint density at radius 3 is 2.50 bits per heavy atom. The van der Waals surface area contributed by atoms with Gasteiger partial charge in [0, 0.05) is 24.7 Å². The molecule has 0 aliphatic carbocycles. The smallest absolute Gasteiger partial charge is 0.146 e. The third-order valence-electron chi connectivity index (χ3n) is 4.84. The average molecular weight is 278 g/mol. The standard InChI is InChI=1S/C17H27FN2/c1-5-17(6-2)12-20(16(11-19-17)13(3)4)15-10-8-7-9-14(15)18/h7-10,13,16,19H,5-6,11-12H2,1-4H3. The Balaban J connectivity index is 2.35. The van der Waals surface area contributed by atoms with Crippen LogP contribution in [-0.4, -0.2) is 24.7 Å². The van der Waals surface area contributed by atoms with Crippen molar-refractivity contribution < 1.29 is 4.39 Å². The van der Waals surface area contributed by atoms with Crippen LogP contribution in [0.1, 0.15) is 40.5 Å². The van der Waals surface area contributed by atoms with E-state index in [1.807, 2.05) is 12.1 Å². The van der Waals surface area contributed by atoms with E-state index >= 15 is 0 Å². The highest BCUT2D eigenvalue weighted by molar-refractivity contribution is 5.50. The molecule has 1 aromatic rings. The van der Waals surface area contributed by atoms with Crippen molar-refractivity contribution in [3.8, 4) is 0 Å². The van der Waals surface area contributed by atoms with Crippen LogP contribution in [0.15, 0.2) is 24.3 Å². The molecule has 2 nitrogen and oxygen atoms in total. The minimum atomic E-state index is -0.110. The van der Waals surface area contributed by atoms with Crippen molar-refractivity contribution in [1.29, 1.82) is 0 Å². The molecule has 1 aromatic carbocycles. The molecular formula is C17H27FN2. The minimum absolute atomic E-state index is 0.105. The molecule has 0 bridgehead atoms. The fourth-order valence-electron chi connectivity index (χ4n) is 3.20. The number of piperazine rings is 1. The molecule has 0 aromatic heterocycles. The minimum Gasteiger partial charge on any atom is -0.363 e. The van der Waals surface area contributed by atoms with E-state index < -0.39 is 0 Å². The first-order chi connectivity index (χ1) is 9.53. The number of para-hydroxylation sites is 1. The van der Waals surface area contributed by atoms with Crippen molar-refractivity contribution in [1.82, 2.24) is 5.32 Å². The van der Waals surface area contributed by atoms with Crippen LogP contribution in [0.4, 0.5) is 10.1 Å². The van der Waals surface area contributed by atoms with Gasteiger partial charge in [0.1, 0.15) is 5.82 Å². The zero-order valence-corrected chi connectivity index (χ0v) is 13.1. The summed E-state index contributed by atoms with van der Waals surface area (Å²) in [4.78, 5) is 2.28. The van der Waals surface area contributed by atoms with E-state index in [2.05, 4.69) is 37.9 Å². The van der Waals surface area contributed by atoms with Crippen LogP contribution in [0.25, 0.3) is 0 Å². The summed E-state index contributed by atoms with van der Waals surface area (Å²) in [6.07, 6.45) is 2.14. The van der Waals surface area contributed by atoms with Crippen LogP contribution in [0.3, 0.4) is 0 Å². The number of benzene rings is 1. The van der Waals surface area contributed by atoms with Gasteiger partial charge in [0.05, 0.1) is 5.69 Å². The zero-order chi connectivity index (χ0) is 14.8. The Kier molecular flexibility index (Phi) is 4.69. The van der Waals surface area contributed by atoms with Gasteiger partial charge in [0.25, 0.3) is 0 Å². The Hall–Kier alpha value is -1.09. The molecule has 0 radical (unpaired) electrons. The maximum absolute atomic E-state index is 14.2. The second kappa shape index (κ2) is 6.13. The van der Waals surface area contributed by atoms with Gasteiger partial charge in [-0.3, -0.25) is 0 Å².